The number of rotatable bonds is 5. The lowest BCUT2D eigenvalue weighted by Crippen LogP contribution is -2.46. The molecule has 6 nitrogen and oxygen atoms in total. The van der Waals surface area contributed by atoms with Crippen LogP contribution in [0.4, 0.5) is 0 Å². The van der Waals surface area contributed by atoms with E-state index < -0.39 is 0 Å². The highest BCUT2D eigenvalue weighted by molar-refractivity contribution is 5.28. The van der Waals surface area contributed by atoms with Crippen LogP contribution in [-0.2, 0) is 6.54 Å². The number of nitrogens with zero attached hydrogens (tertiary/aromatic N) is 4. The molecule has 1 atom stereocenters. The molecule has 0 unspecified atom stereocenters. The highest BCUT2D eigenvalue weighted by Crippen LogP contribution is 2.21. The van der Waals surface area contributed by atoms with Crippen LogP contribution in [-0.4, -0.2) is 53.2 Å². The van der Waals surface area contributed by atoms with Crippen LogP contribution in [0, 0.1) is 6.92 Å². The first-order chi connectivity index (χ1) is 11.2. The molecule has 1 saturated heterocycles. The maximum Gasteiger partial charge on any atom is 0.243 e. The molecule has 1 aromatic heterocycles. The zero-order valence-electron chi connectivity index (χ0n) is 14.0. The lowest BCUT2D eigenvalue weighted by atomic mass is 10.1. The summed E-state index contributed by atoms with van der Waals surface area (Å²) >= 11 is 0. The van der Waals surface area contributed by atoms with Gasteiger partial charge in [-0.25, -0.2) is 0 Å². The zero-order valence-corrected chi connectivity index (χ0v) is 14.0. The molecule has 6 heteroatoms. The van der Waals surface area contributed by atoms with Gasteiger partial charge in [0.25, 0.3) is 0 Å². The third kappa shape index (κ3) is 3.89. The summed E-state index contributed by atoms with van der Waals surface area (Å²) in [6.07, 6.45) is 0. The normalized spacial score (nSPS) is 18.0. The Bertz CT molecular complexity index is 635. The molecule has 23 heavy (non-hydrogen) atoms. The van der Waals surface area contributed by atoms with E-state index in [9.17, 15) is 0 Å². The number of aryl methyl sites for hydroxylation is 1. The van der Waals surface area contributed by atoms with E-state index in [1.807, 2.05) is 19.1 Å². The van der Waals surface area contributed by atoms with Gasteiger partial charge >= 0.3 is 0 Å². The molecule has 0 saturated carbocycles. The Kier molecular flexibility index (Phi) is 4.93. The molecule has 2 heterocycles. The summed E-state index contributed by atoms with van der Waals surface area (Å²) < 4.78 is 10.6. The average Bonchev–Trinajstić information content (AvgIpc) is 3.01. The van der Waals surface area contributed by atoms with Gasteiger partial charge in [-0.15, -0.1) is 0 Å². The highest BCUT2D eigenvalue weighted by atomic mass is 16.5. The van der Waals surface area contributed by atoms with E-state index in [4.69, 9.17) is 9.26 Å². The molecule has 0 bridgehead atoms. The van der Waals surface area contributed by atoms with Crippen molar-refractivity contribution in [3.8, 4) is 5.75 Å². The van der Waals surface area contributed by atoms with Gasteiger partial charge in [0, 0.05) is 32.7 Å². The smallest absolute Gasteiger partial charge is 0.243 e. The van der Waals surface area contributed by atoms with E-state index >= 15 is 0 Å². The number of benzene rings is 1. The summed E-state index contributed by atoms with van der Waals surface area (Å²) in [5, 5.41) is 3.88. The van der Waals surface area contributed by atoms with Crippen LogP contribution in [0.15, 0.2) is 28.8 Å². The van der Waals surface area contributed by atoms with Gasteiger partial charge in [0.2, 0.25) is 5.89 Å². The van der Waals surface area contributed by atoms with E-state index in [0.29, 0.717) is 11.7 Å². The van der Waals surface area contributed by atoms with Gasteiger partial charge in [-0.3, -0.25) is 9.80 Å². The van der Waals surface area contributed by atoms with Gasteiger partial charge in [-0.2, -0.15) is 4.98 Å². The fourth-order valence-electron chi connectivity index (χ4n) is 2.98. The quantitative estimate of drug-likeness (QED) is 0.843. The maximum atomic E-state index is 5.30. The third-order valence-corrected chi connectivity index (χ3v) is 4.40. The van der Waals surface area contributed by atoms with Crippen molar-refractivity contribution in [1.82, 2.24) is 19.9 Å². The van der Waals surface area contributed by atoms with E-state index in [1.54, 1.807) is 7.11 Å². The van der Waals surface area contributed by atoms with E-state index in [1.165, 1.54) is 5.56 Å². The number of piperazine rings is 1. The summed E-state index contributed by atoms with van der Waals surface area (Å²) in [7, 11) is 1.71. The molecule has 0 amide bonds. The second-order valence-corrected chi connectivity index (χ2v) is 6.02. The summed E-state index contributed by atoms with van der Waals surface area (Å²) in [5.41, 5.74) is 1.29. The lowest BCUT2D eigenvalue weighted by molar-refractivity contribution is 0.0845. The van der Waals surface area contributed by atoms with Crippen LogP contribution in [0.25, 0.3) is 0 Å². The van der Waals surface area contributed by atoms with E-state index in [0.717, 1.165) is 38.5 Å². The molecule has 1 aliphatic rings. The van der Waals surface area contributed by atoms with Gasteiger partial charge in [-0.1, -0.05) is 17.3 Å². The second kappa shape index (κ2) is 7.10. The molecular weight excluding hydrogens is 292 g/mol. The lowest BCUT2D eigenvalue weighted by Gasteiger charge is -2.36. The Balaban J connectivity index is 1.53. The molecule has 3 rings (SSSR count). The monoisotopic (exact) mass is 316 g/mol. The molecule has 1 aliphatic heterocycles. The molecule has 2 aromatic rings. The first-order valence-electron chi connectivity index (χ1n) is 8.05. The average molecular weight is 316 g/mol. The topological polar surface area (TPSA) is 54.6 Å². The van der Waals surface area contributed by atoms with Crippen molar-refractivity contribution in [2.75, 3.05) is 33.3 Å². The van der Waals surface area contributed by atoms with Gasteiger partial charge in [0.15, 0.2) is 5.82 Å². The Morgan fingerprint density at radius 1 is 1.26 bits per heavy atom. The van der Waals surface area contributed by atoms with E-state index in [-0.39, 0.29) is 6.04 Å². The summed E-state index contributed by atoms with van der Waals surface area (Å²) in [6, 6.07) is 8.46. The van der Waals surface area contributed by atoms with Crippen molar-refractivity contribution < 1.29 is 9.26 Å². The maximum absolute atomic E-state index is 5.30. The minimum atomic E-state index is 0.176. The van der Waals surface area contributed by atoms with Crippen LogP contribution < -0.4 is 4.74 Å². The number of hydrogen-bond acceptors (Lipinski definition) is 6. The summed E-state index contributed by atoms with van der Waals surface area (Å²) in [5.74, 6) is 2.33. The van der Waals surface area contributed by atoms with Crippen LogP contribution >= 0.6 is 0 Å². The molecule has 1 aromatic carbocycles. The van der Waals surface area contributed by atoms with Gasteiger partial charge in [0.05, 0.1) is 13.2 Å². The molecule has 0 spiro atoms. The van der Waals surface area contributed by atoms with Crippen LogP contribution in [0.2, 0.25) is 0 Å². The van der Waals surface area contributed by atoms with Crippen LogP contribution in [0.3, 0.4) is 0 Å². The molecule has 1 fully saturated rings. The van der Waals surface area contributed by atoms with Crippen molar-refractivity contribution in [2.45, 2.75) is 26.4 Å². The fraction of sp³-hybridized carbons (Fsp3) is 0.529. The number of aromatic nitrogens is 2. The Labute approximate surface area is 137 Å². The first kappa shape index (κ1) is 16.0. The molecular formula is C17H24N4O2. The van der Waals surface area contributed by atoms with Crippen LogP contribution in [0.1, 0.15) is 30.2 Å². The molecule has 0 radical (unpaired) electrons. The summed E-state index contributed by atoms with van der Waals surface area (Å²) in [4.78, 5) is 9.21. The Morgan fingerprint density at radius 3 is 2.70 bits per heavy atom. The standard InChI is InChI=1S/C17H24N4O2/c1-13(17-18-14(2)19-23-17)21-9-7-20(8-10-21)12-15-5-4-6-16(11-15)22-3/h4-6,11,13H,7-10,12H2,1-3H3/t13-/m0/s1. The third-order valence-electron chi connectivity index (χ3n) is 4.40. The van der Waals surface area contributed by atoms with Crippen molar-refractivity contribution in [2.24, 2.45) is 0 Å². The second-order valence-electron chi connectivity index (χ2n) is 6.02. The van der Waals surface area contributed by atoms with Gasteiger partial charge in [0.1, 0.15) is 5.75 Å². The number of hydrogen-bond donors (Lipinski definition) is 0. The largest absolute Gasteiger partial charge is 0.497 e. The van der Waals surface area contributed by atoms with Crippen molar-refractivity contribution >= 4 is 0 Å². The Hall–Kier alpha value is -1.92. The Morgan fingerprint density at radius 2 is 2.04 bits per heavy atom. The molecule has 0 aliphatic carbocycles. The minimum Gasteiger partial charge on any atom is -0.497 e. The van der Waals surface area contributed by atoms with Crippen molar-refractivity contribution in [3.05, 3.63) is 41.5 Å². The first-order valence-corrected chi connectivity index (χ1v) is 8.05. The molecule has 0 N–H and O–H groups in total. The SMILES string of the molecule is COc1cccc(CN2CCN([C@@H](C)c3nc(C)no3)CC2)c1. The van der Waals surface area contributed by atoms with Crippen molar-refractivity contribution in [1.29, 1.82) is 0 Å². The predicted octanol–water partition coefficient (Wildman–Crippen LogP) is 2.27. The van der Waals surface area contributed by atoms with Gasteiger partial charge in [-0.05, 0) is 31.5 Å². The van der Waals surface area contributed by atoms with E-state index in [2.05, 4.69) is 39.0 Å². The number of methoxy groups -OCH3 is 1. The van der Waals surface area contributed by atoms with Gasteiger partial charge < -0.3 is 9.26 Å². The number of ether oxygens (including phenoxy) is 1. The minimum absolute atomic E-state index is 0.176. The zero-order chi connectivity index (χ0) is 16.2. The predicted molar refractivity (Wildman–Crippen MR) is 87.3 cm³/mol. The fourth-order valence-corrected chi connectivity index (χ4v) is 2.98. The van der Waals surface area contributed by atoms with Crippen LogP contribution in [0.5, 0.6) is 5.75 Å². The molecule has 124 valence electrons. The van der Waals surface area contributed by atoms with Crippen molar-refractivity contribution in [3.63, 3.8) is 0 Å². The highest BCUT2D eigenvalue weighted by Gasteiger charge is 2.25. The summed E-state index contributed by atoms with van der Waals surface area (Å²) in [6.45, 7) is 9.03.